The van der Waals surface area contributed by atoms with Crippen molar-refractivity contribution < 1.29 is 0 Å². The summed E-state index contributed by atoms with van der Waals surface area (Å²) in [5, 5.41) is 20.0. The molecule has 0 saturated carbocycles. The number of nitriles is 1. The highest BCUT2D eigenvalue weighted by Gasteiger charge is 2.12. The summed E-state index contributed by atoms with van der Waals surface area (Å²) in [4.78, 5) is 0. The zero-order valence-electron chi connectivity index (χ0n) is 10.3. The van der Waals surface area contributed by atoms with Crippen LogP contribution in [0.25, 0.3) is 0 Å². The molecule has 0 amide bonds. The molecule has 0 radical (unpaired) electrons. The van der Waals surface area contributed by atoms with Crippen molar-refractivity contribution >= 4 is 11.4 Å². The van der Waals surface area contributed by atoms with Gasteiger partial charge < -0.3 is 15.6 Å². The molecule has 1 aromatic heterocycles. The normalized spacial score (nSPS) is 11.8. The SMILES string of the molecule is CC(Nc1cc(C#N)ccc1N)c1nncn1C. The molecule has 1 atom stereocenters. The molecule has 6 heteroatoms. The Morgan fingerprint density at radius 1 is 1.50 bits per heavy atom. The topological polar surface area (TPSA) is 92.6 Å². The number of anilines is 2. The number of hydrogen-bond acceptors (Lipinski definition) is 5. The fourth-order valence-corrected chi connectivity index (χ4v) is 1.73. The molecule has 1 heterocycles. The van der Waals surface area contributed by atoms with E-state index in [-0.39, 0.29) is 6.04 Å². The Morgan fingerprint density at radius 3 is 2.89 bits per heavy atom. The predicted octanol–water partition coefficient (Wildman–Crippen LogP) is 1.44. The van der Waals surface area contributed by atoms with E-state index in [4.69, 9.17) is 11.0 Å². The standard InChI is InChI=1S/C12H14N6/c1-8(12-17-15-7-18(12)2)16-11-5-9(6-13)3-4-10(11)14/h3-5,7-8,16H,14H2,1-2H3. The largest absolute Gasteiger partial charge is 0.397 e. The van der Waals surface area contributed by atoms with E-state index in [9.17, 15) is 0 Å². The minimum Gasteiger partial charge on any atom is -0.397 e. The van der Waals surface area contributed by atoms with E-state index in [0.717, 1.165) is 11.5 Å². The molecule has 0 aliphatic carbocycles. The van der Waals surface area contributed by atoms with Gasteiger partial charge in [0.15, 0.2) is 5.82 Å². The van der Waals surface area contributed by atoms with Gasteiger partial charge in [-0.2, -0.15) is 5.26 Å². The van der Waals surface area contributed by atoms with Gasteiger partial charge in [-0.1, -0.05) is 0 Å². The number of rotatable bonds is 3. The van der Waals surface area contributed by atoms with Crippen LogP contribution in [0.4, 0.5) is 11.4 Å². The molecule has 0 fully saturated rings. The van der Waals surface area contributed by atoms with Crippen LogP contribution in [0.2, 0.25) is 0 Å². The number of hydrogen-bond donors (Lipinski definition) is 2. The van der Waals surface area contributed by atoms with E-state index in [1.807, 2.05) is 18.5 Å². The quantitative estimate of drug-likeness (QED) is 0.794. The lowest BCUT2D eigenvalue weighted by Crippen LogP contribution is -2.13. The summed E-state index contributed by atoms with van der Waals surface area (Å²) < 4.78 is 1.84. The Hall–Kier alpha value is -2.55. The van der Waals surface area contributed by atoms with Gasteiger partial charge in [-0.15, -0.1) is 10.2 Å². The fourth-order valence-electron chi connectivity index (χ4n) is 1.73. The number of benzene rings is 1. The molecule has 0 aliphatic rings. The molecule has 6 nitrogen and oxygen atoms in total. The second kappa shape index (κ2) is 4.75. The van der Waals surface area contributed by atoms with Crippen LogP contribution in [0, 0.1) is 11.3 Å². The average Bonchev–Trinajstić information content (AvgIpc) is 2.78. The maximum Gasteiger partial charge on any atom is 0.154 e. The van der Waals surface area contributed by atoms with Crippen LogP contribution in [0.15, 0.2) is 24.5 Å². The second-order valence-corrected chi connectivity index (χ2v) is 4.08. The summed E-state index contributed by atoms with van der Waals surface area (Å²) in [7, 11) is 1.88. The lowest BCUT2D eigenvalue weighted by molar-refractivity contribution is 0.719. The van der Waals surface area contributed by atoms with E-state index < -0.39 is 0 Å². The van der Waals surface area contributed by atoms with Crippen molar-refractivity contribution in [3.8, 4) is 6.07 Å². The number of aryl methyl sites for hydroxylation is 1. The number of nitrogens with zero attached hydrogens (tertiary/aromatic N) is 4. The first-order valence-corrected chi connectivity index (χ1v) is 5.52. The van der Waals surface area contributed by atoms with Crippen molar-refractivity contribution in [3.63, 3.8) is 0 Å². The maximum atomic E-state index is 8.87. The molecule has 2 aromatic rings. The van der Waals surface area contributed by atoms with E-state index in [1.54, 1.807) is 24.5 Å². The van der Waals surface area contributed by atoms with Gasteiger partial charge in [0.05, 0.1) is 29.0 Å². The molecule has 3 N–H and O–H groups in total. The van der Waals surface area contributed by atoms with Crippen molar-refractivity contribution in [1.82, 2.24) is 14.8 Å². The molecular formula is C12H14N6. The third kappa shape index (κ3) is 2.25. The number of nitrogens with two attached hydrogens (primary N) is 1. The zero-order valence-corrected chi connectivity index (χ0v) is 10.3. The molecule has 1 aromatic carbocycles. The smallest absolute Gasteiger partial charge is 0.154 e. The van der Waals surface area contributed by atoms with Gasteiger partial charge in [0, 0.05) is 7.05 Å². The summed E-state index contributed by atoms with van der Waals surface area (Å²) in [5.74, 6) is 0.803. The molecule has 0 saturated heterocycles. The number of nitrogen functional groups attached to an aromatic ring is 1. The van der Waals surface area contributed by atoms with Crippen molar-refractivity contribution in [2.45, 2.75) is 13.0 Å². The fraction of sp³-hybridized carbons (Fsp3) is 0.250. The first-order chi connectivity index (χ1) is 8.61. The third-order valence-corrected chi connectivity index (χ3v) is 2.69. The van der Waals surface area contributed by atoms with Gasteiger partial charge in [0.1, 0.15) is 6.33 Å². The van der Waals surface area contributed by atoms with E-state index in [0.29, 0.717) is 11.3 Å². The molecule has 2 rings (SSSR count). The number of nitrogens with one attached hydrogen (secondary N) is 1. The first-order valence-electron chi connectivity index (χ1n) is 5.52. The minimum absolute atomic E-state index is 0.0475. The highest BCUT2D eigenvalue weighted by Crippen LogP contribution is 2.24. The first kappa shape index (κ1) is 11.9. The Labute approximate surface area is 105 Å². The Morgan fingerprint density at radius 2 is 2.28 bits per heavy atom. The Bertz CT molecular complexity index is 595. The van der Waals surface area contributed by atoms with Crippen LogP contribution in [0.1, 0.15) is 24.4 Å². The van der Waals surface area contributed by atoms with Crippen molar-refractivity contribution in [2.75, 3.05) is 11.1 Å². The maximum absolute atomic E-state index is 8.87. The Balaban J connectivity index is 2.24. The third-order valence-electron chi connectivity index (χ3n) is 2.69. The summed E-state index contributed by atoms with van der Waals surface area (Å²) >= 11 is 0. The highest BCUT2D eigenvalue weighted by molar-refractivity contribution is 5.68. The van der Waals surface area contributed by atoms with E-state index in [1.165, 1.54) is 0 Å². The van der Waals surface area contributed by atoms with Gasteiger partial charge in [0.25, 0.3) is 0 Å². The van der Waals surface area contributed by atoms with Crippen LogP contribution in [-0.4, -0.2) is 14.8 Å². The minimum atomic E-state index is -0.0475. The molecule has 92 valence electrons. The summed E-state index contributed by atoms with van der Waals surface area (Å²) in [6.07, 6.45) is 1.64. The molecule has 0 spiro atoms. The van der Waals surface area contributed by atoms with Gasteiger partial charge >= 0.3 is 0 Å². The number of aromatic nitrogens is 3. The monoisotopic (exact) mass is 242 g/mol. The van der Waals surface area contributed by atoms with Crippen LogP contribution in [-0.2, 0) is 7.05 Å². The van der Waals surface area contributed by atoms with Gasteiger partial charge in [-0.25, -0.2) is 0 Å². The molecule has 1 unspecified atom stereocenters. The van der Waals surface area contributed by atoms with E-state index in [2.05, 4.69) is 21.6 Å². The summed E-state index contributed by atoms with van der Waals surface area (Å²) in [5.41, 5.74) is 7.76. The second-order valence-electron chi connectivity index (χ2n) is 4.08. The zero-order chi connectivity index (χ0) is 13.1. The lowest BCUT2D eigenvalue weighted by atomic mass is 10.1. The highest BCUT2D eigenvalue weighted by atomic mass is 15.3. The molecule has 0 aliphatic heterocycles. The van der Waals surface area contributed by atoms with Crippen LogP contribution in [0.5, 0.6) is 0 Å². The summed E-state index contributed by atoms with van der Waals surface area (Å²) in [6, 6.07) is 7.16. The summed E-state index contributed by atoms with van der Waals surface area (Å²) in [6.45, 7) is 1.96. The van der Waals surface area contributed by atoms with Crippen LogP contribution >= 0.6 is 0 Å². The van der Waals surface area contributed by atoms with Crippen LogP contribution in [0.3, 0.4) is 0 Å². The lowest BCUT2D eigenvalue weighted by Gasteiger charge is -2.16. The van der Waals surface area contributed by atoms with Gasteiger partial charge in [-0.05, 0) is 25.1 Å². The molecule has 18 heavy (non-hydrogen) atoms. The van der Waals surface area contributed by atoms with Gasteiger partial charge in [0.2, 0.25) is 0 Å². The van der Waals surface area contributed by atoms with E-state index >= 15 is 0 Å². The predicted molar refractivity (Wildman–Crippen MR) is 68.6 cm³/mol. The van der Waals surface area contributed by atoms with Crippen molar-refractivity contribution in [3.05, 3.63) is 35.9 Å². The molecular weight excluding hydrogens is 228 g/mol. The van der Waals surface area contributed by atoms with Crippen LogP contribution < -0.4 is 11.1 Å². The van der Waals surface area contributed by atoms with Gasteiger partial charge in [-0.3, -0.25) is 0 Å². The molecule has 0 bridgehead atoms. The Kier molecular flexibility index (Phi) is 3.15. The van der Waals surface area contributed by atoms with Crippen molar-refractivity contribution in [1.29, 1.82) is 5.26 Å². The van der Waals surface area contributed by atoms with Crippen molar-refractivity contribution in [2.24, 2.45) is 7.05 Å². The average molecular weight is 242 g/mol.